The zero-order chi connectivity index (χ0) is 20.9. The molecule has 0 aliphatic carbocycles. The van der Waals surface area contributed by atoms with Crippen LogP contribution < -0.4 is 19.7 Å². The number of methoxy groups -OCH3 is 2. The maximum Gasteiger partial charge on any atom is 0.234 e. The molecule has 154 valence electrons. The van der Waals surface area contributed by atoms with Gasteiger partial charge in [-0.3, -0.25) is 9.59 Å². The van der Waals surface area contributed by atoms with E-state index in [0.717, 1.165) is 11.4 Å². The number of nitrogens with zero attached hydrogens (tertiary/aromatic N) is 1. The van der Waals surface area contributed by atoms with Crippen LogP contribution in [0, 0.1) is 11.8 Å². The fourth-order valence-electron chi connectivity index (χ4n) is 4.68. The summed E-state index contributed by atoms with van der Waals surface area (Å²) in [5.74, 6) is -0.00857. The normalized spacial score (nSPS) is 28.5. The first kappa shape index (κ1) is 18.7. The van der Waals surface area contributed by atoms with Crippen molar-refractivity contribution in [1.82, 2.24) is 0 Å². The molecule has 7 nitrogen and oxygen atoms in total. The maximum absolute atomic E-state index is 13.4. The molecular formula is C23H22N2O5. The van der Waals surface area contributed by atoms with Crippen molar-refractivity contribution in [1.29, 1.82) is 0 Å². The first-order valence-electron chi connectivity index (χ1n) is 9.82. The number of rotatable bonds is 5. The largest absolute Gasteiger partial charge is 0.497 e. The Hall–Kier alpha value is -3.32. The molecule has 2 bridgehead atoms. The van der Waals surface area contributed by atoms with Crippen molar-refractivity contribution in [2.45, 2.75) is 11.7 Å². The molecule has 0 saturated carbocycles. The standard InChI is InChI=1S/C23H22N2O5/c1-28-16-7-3-14(4-8-16)24-21(26)19-18-11-12-23(30-18)13-25(22(27)20(19)23)15-5-9-17(29-2)10-6-15/h3-12,18-20H,13H2,1-2H3,(H,24,26)/t18?,19?,20?,23-/m1/s1. The number of carbonyl (C=O) groups excluding carboxylic acids is 2. The monoisotopic (exact) mass is 406 g/mol. The van der Waals surface area contributed by atoms with Crippen molar-refractivity contribution < 1.29 is 23.8 Å². The minimum absolute atomic E-state index is 0.0955. The van der Waals surface area contributed by atoms with Crippen molar-refractivity contribution >= 4 is 23.2 Å². The lowest BCUT2D eigenvalue weighted by molar-refractivity contribution is -0.128. The second-order valence-electron chi connectivity index (χ2n) is 7.74. The molecule has 30 heavy (non-hydrogen) atoms. The molecule has 3 aliphatic heterocycles. The Morgan fingerprint density at radius 2 is 1.70 bits per heavy atom. The number of carbonyl (C=O) groups is 2. The van der Waals surface area contributed by atoms with Gasteiger partial charge in [-0.05, 0) is 48.5 Å². The molecule has 2 saturated heterocycles. The molecule has 3 aliphatic rings. The summed E-state index contributed by atoms with van der Waals surface area (Å²) in [6, 6.07) is 14.4. The number of hydrogen-bond acceptors (Lipinski definition) is 5. The molecule has 1 spiro atoms. The molecule has 4 atom stereocenters. The van der Waals surface area contributed by atoms with Crippen LogP contribution in [0.1, 0.15) is 0 Å². The van der Waals surface area contributed by atoms with Gasteiger partial charge in [-0.25, -0.2) is 0 Å². The number of fused-ring (bicyclic) bond motifs is 1. The summed E-state index contributed by atoms with van der Waals surface area (Å²) in [6.07, 6.45) is 3.45. The summed E-state index contributed by atoms with van der Waals surface area (Å²) >= 11 is 0. The van der Waals surface area contributed by atoms with Gasteiger partial charge in [0.15, 0.2) is 0 Å². The van der Waals surface area contributed by atoms with Gasteiger partial charge in [-0.15, -0.1) is 0 Å². The highest BCUT2D eigenvalue weighted by molar-refractivity contribution is 6.05. The van der Waals surface area contributed by atoms with E-state index in [1.54, 1.807) is 43.4 Å². The lowest BCUT2D eigenvalue weighted by Gasteiger charge is -2.23. The van der Waals surface area contributed by atoms with E-state index in [1.165, 1.54) is 0 Å². The van der Waals surface area contributed by atoms with Gasteiger partial charge in [-0.2, -0.15) is 0 Å². The van der Waals surface area contributed by atoms with Gasteiger partial charge in [0.1, 0.15) is 17.1 Å². The molecule has 0 aromatic heterocycles. The predicted octanol–water partition coefficient (Wildman–Crippen LogP) is 2.63. The van der Waals surface area contributed by atoms with Gasteiger partial charge in [0, 0.05) is 11.4 Å². The van der Waals surface area contributed by atoms with Crippen LogP contribution in [-0.2, 0) is 14.3 Å². The van der Waals surface area contributed by atoms with E-state index in [9.17, 15) is 9.59 Å². The SMILES string of the molecule is COc1ccc(NC(=O)C2C3C=C[C@]4(CN(c5ccc(OC)cc5)C(=O)C24)O3)cc1. The summed E-state index contributed by atoms with van der Waals surface area (Å²) in [5, 5.41) is 2.92. The lowest BCUT2D eigenvalue weighted by Crippen LogP contribution is -2.41. The van der Waals surface area contributed by atoms with Gasteiger partial charge in [-0.1, -0.05) is 12.2 Å². The van der Waals surface area contributed by atoms with E-state index in [1.807, 2.05) is 36.4 Å². The summed E-state index contributed by atoms with van der Waals surface area (Å²) in [6.45, 7) is 0.391. The van der Waals surface area contributed by atoms with Gasteiger partial charge in [0.05, 0.1) is 38.7 Å². The van der Waals surface area contributed by atoms with Crippen molar-refractivity contribution in [3.8, 4) is 11.5 Å². The number of hydrogen-bond donors (Lipinski definition) is 1. The van der Waals surface area contributed by atoms with Crippen LogP contribution in [0.5, 0.6) is 11.5 Å². The third kappa shape index (κ3) is 2.77. The van der Waals surface area contributed by atoms with Crippen molar-refractivity contribution in [3.63, 3.8) is 0 Å². The van der Waals surface area contributed by atoms with Crippen molar-refractivity contribution in [3.05, 3.63) is 60.7 Å². The van der Waals surface area contributed by atoms with E-state index in [0.29, 0.717) is 18.0 Å². The average molecular weight is 406 g/mol. The van der Waals surface area contributed by atoms with E-state index >= 15 is 0 Å². The number of ether oxygens (including phenoxy) is 3. The summed E-state index contributed by atoms with van der Waals surface area (Å²) in [5.41, 5.74) is 0.655. The third-order valence-electron chi connectivity index (χ3n) is 6.14. The Kier molecular flexibility index (Phi) is 4.29. The fourth-order valence-corrected chi connectivity index (χ4v) is 4.68. The molecule has 1 N–H and O–H groups in total. The van der Waals surface area contributed by atoms with E-state index in [2.05, 4.69) is 5.32 Å². The number of anilines is 2. The molecule has 2 aromatic carbocycles. The topological polar surface area (TPSA) is 77.1 Å². The molecule has 7 heteroatoms. The van der Waals surface area contributed by atoms with Crippen LogP contribution >= 0.6 is 0 Å². The highest BCUT2D eigenvalue weighted by Gasteiger charge is 2.67. The summed E-state index contributed by atoms with van der Waals surface area (Å²) in [4.78, 5) is 28.2. The number of amides is 2. The molecule has 3 heterocycles. The summed E-state index contributed by atoms with van der Waals surface area (Å²) < 4.78 is 16.5. The van der Waals surface area contributed by atoms with Gasteiger partial charge in [0.2, 0.25) is 11.8 Å². The Morgan fingerprint density at radius 1 is 1.07 bits per heavy atom. The van der Waals surface area contributed by atoms with E-state index < -0.39 is 23.5 Å². The Balaban J connectivity index is 1.39. The van der Waals surface area contributed by atoms with Gasteiger partial charge < -0.3 is 24.4 Å². The third-order valence-corrected chi connectivity index (χ3v) is 6.14. The average Bonchev–Trinajstić information content (AvgIpc) is 3.42. The Bertz CT molecular complexity index is 1020. The zero-order valence-corrected chi connectivity index (χ0v) is 16.7. The highest BCUT2D eigenvalue weighted by Crippen LogP contribution is 2.52. The molecule has 2 aromatic rings. The fraction of sp³-hybridized carbons (Fsp3) is 0.304. The van der Waals surface area contributed by atoms with Crippen LogP contribution in [0.15, 0.2) is 60.7 Å². The van der Waals surface area contributed by atoms with Gasteiger partial charge in [0.25, 0.3) is 0 Å². The summed E-state index contributed by atoms with van der Waals surface area (Å²) in [7, 11) is 3.19. The van der Waals surface area contributed by atoms with Crippen LogP contribution in [0.2, 0.25) is 0 Å². The van der Waals surface area contributed by atoms with Gasteiger partial charge >= 0.3 is 0 Å². The minimum Gasteiger partial charge on any atom is -0.497 e. The predicted molar refractivity (Wildman–Crippen MR) is 111 cm³/mol. The van der Waals surface area contributed by atoms with E-state index in [4.69, 9.17) is 14.2 Å². The maximum atomic E-state index is 13.4. The zero-order valence-electron chi connectivity index (χ0n) is 16.7. The minimum atomic E-state index is -0.760. The molecule has 5 rings (SSSR count). The Morgan fingerprint density at radius 3 is 2.33 bits per heavy atom. The molecule has 2 fully saturated rings. The molecular weight excluding hydrogens is 384 g/mol. The second kappa shape index (κ2) is 6.88. The van der Waals surface area contributed by atoms with Crippen LogP contribution in [-0.4, -0.2) is 44.3 Å². The van der Waals surface area contributed by atoms with E-state index in [-0.39, 0.29) is 11.8 Å². The quantitative estimate of drug-likeness (QED) is 0.773. The molecule has 0 radical (unpaired) electrons. The number of benzene rings is 2. The molecule has 3 unspecified atom stereocenters. The molecule has 2 amide bonds. The van der Waals surface area contributed by atoms with Crippen LogP contribution in [0.25, 0.3) is 0 Å². The first-order chi connectivity index (χ1) is 14.5. The highest BCUT2D eigenvalue weighted by atomic mass is 16.5. The van der Waals surface area contributed by atoms with Crippen molar-refractivity contribution in [2.24, 2.45) is 11.8 Å². The van der Waals surface area contributed by atoms with Crippen LogP contribution in [0.3, 0.4) is 0 Å². The second-order valence-corrected chi connectivity index (χ2v) is 7.74. The van der Waals surface area contributed by atoms with Crippen LogP contribution in [0.4, 0.5) is 11.4 Å². The Labute approximate surface area is 174 Å². The lowest BCUT2D eigenvalue weighted by atomic mass is 9.77. The smallest absolute Gasteiger partial charge is 0.234 e. The first-order valence-corrected chi connectivity index (χ1v) is 9.82. The van der Waals surface area contributed by atoms with Crippen molar-refractivity contribution in [2.75, 3.05) is 31.0 Å². The number of nitrogens with one attached hydrogen (secondary N) is 1.